The molecule has 2 fully saturated rings. The van der Waals surface area contributed by atoms with Crippen LogP contribution in [0.3, 0.4) is 0 Å². The highest BCUT2D eigenvalue weighted by Gasteiger charge is 2.64. The van der Waals surface area contributed by atoms with Gasteiger partial charge in [0.25, 0.3) is 5.56 Å². The van der Waals surface area contributed by atoms with E-state index in [0.717, 1.165) is 0 Å². The number of hydrogen-bond acceptors (Lipinski definition) is 8. The molecule has 0 amide bonds. The highest BCUT2D eigenvalue weighted by atomic mass is 32.2. The summed E-state index contributed by atoms with van der Waals surface area (Å²) in [7, 11) is -2.69. The number of nitrogens with two attached hydrogens (primary N) is 1. The van der Waals surface area contributed by atoms with Gasteiger partial charge in [-0.05, 0) is 0 Å². The number of nitrogen functional groups attached to an aromatic ring is 1. The lowest BCUT2D eigenvalue weighted by molar-refractivity contribution is -0.0376. The van der Waals surface area contributed by atoms with Gasteiger partial charge in [0, 0.05) is 10.1 Å². The van der Waals surface area contributed by atoms with Gasteiger partial charge in [0.15, 0.2) is 11.2 Å². The molecule has 0 aliphatic carbocycles. The normalized spacial score (nSPS) is 29.9. The number of H-pyrrole nitrogens is 1. The summed E-state index contributed by atoms with van der Waals surface area (Å²) in [4.78, 5) is 23.0. The minimum atomic E-state index is -2.69. The van der Waals surface area contributed by atoms with Gasteiger partial charge < -0.3 is 19.7 Å². The first-order chi connectivity index (χ1) is 13.4. The topological polar surface area (TPSA) is 128 Å². The Balaban J connectivity index is 1.71. The fourth-order valence-electron chi connectivity index (χ4n) is 4.70. The van der Waals surface area contributed by atoms with Gasteiger partial charge in [0.1, 0.15) is 11.5 Å². The number of hydrogen-bond donors (Lipinski definition) is 3. The van der Waals surface area contributed by atoms with Gasteiger partial charge in [-0.1, -0.05) is 41.5 Å². The summed E-state index contributed by atoms with van der Waals surface area (Å²) in [6.07, 6.45) is 0.384. The van der Waals surface area contributed by atoms with Crippen LogP contribution in [0, 0.1) is 0 Å². The molecule has 4 rings (SSSR count). The first kappa shape index (κ1) is 20.9. The van der Waals surface area contributed by atoms with Crippen molar-refractivity contribution in [3.63, 3.8) is 0 Å². The highest BCUT2D eigenvalue weighted by molar-refractivity contribution is 8.00. The molecule has 160 valence electrons. The third-order valence-electron chi connectivity index (χ3n) is 5.76. The second-order valence-electron chi connectivity index (χ2n) is 9.84. The van der Waals surface area contributed by atoms with Crippen LogP contribution < -0.4 is 11.3 Å². The van der Waals surface area contributed by atoms with E-state index < -0.39 is 25.6 Å². The van der Waals surface area contributed by atoms with Crippen molar-refractivity contribution in [2.45, 2.75) is 74.5 Å². The van der Waals surface area contributed by atoms with E-state index in [2.05, 4.69) is 56.5 Å². The fourth-order valence-corrected chi connectivity index (χ4v) is 11.4. The molecule has 4 heterocycles. The van der Waals surface area contributed by atoms with Crippen molar-refractivity contribution in [2.24, 2.45) is 0 Å². The summed E-state index contributed by atoms with van der Waals surface area (Å²) in [5.41, 5.74) is 5.88. The maximum Gasteiger partial charge on any atom is 0.349 e. The van der Waals surface area contributed by atoms with Crippen LogP contribution in [0.5, 0.6) is 0 Å². The quantitative estimate of drug-likeness (QED) is 0.577. The molecule has 0 radical (unpaired) electrons. The molecular weight excluding hydrogens is 410 g/mol. The summed E-state index contributed by atoms with van der Waals surface area (Å²) in [6, 6.07) is 0. The lowest BCUT2D eigenvalue weighted by Crippen LogP contribution is -2.65. The average molecular weight is 440 g/mol. The third kappa shape index (κ3) is 3.05. The van der Waals surface area contributed by atoms with Crippen LogP contribution in [0.1, 0.15) is 46.9 Å². The number of aliphatic hydroxyl groups excluding tert-OH is 1. The lowest BCUT2D eigenvalue weighted by Gasteiger charge is -2.53. The Bertz CT molecular complexity index is 981. The van der Waals surface area contributed by atoms with Gasteiger partial charge in [0.05, 0.1) is 24.3 Å². The molecule has 0 unspecified atom stereocenters. The van der Waals surface area contributed by atoms with Crippen LogP contribution >= 0.6 is 11.8 Å². The first-order valence-electron chi connectivity index (χ1n) is 9.73. The Morgan fingerprint density at radius 3 is 2.59 bits per heavy atom. The zero-order valence-corrected chi connectivity index (χ0v) is 19.4. The molecule has 0 spiro atoms. The van der Waals surface area contributed by atoms with Crippen LogP contribution in [0.25, 0.3) is 11.2 Å². The largest absolute Gasteiger partial charge is 0.392 e. The van der Waals surface area contributed by atoms with Gasteiger partial charge in [-0.2, -0.15) is 4.98 Å². The van der Waals surface area contributed by atoms with Crippen LogP contribution in [0.15, 0.2) is 11.1 Å². The first-order valence-corrected chi connectivity index (χ1v) is 12.5. The van der Waals surface area contributed by atoms with Crippen LogP contribution in [-0.4, -0.2) is 57.3 Å². The van der Waals surface area contributed by atoms with Gasteiger partial charge >= 0.3 is 8.56 Å². The number of thioether (sulfide) groups is 1. The smallest absolute Gasteiger partial charge is 0.349 e. The van der Waals surface area contributed by atoms with E-state index in [1.54, 1.807) is 16.3 Å². The van der Waals surface area contributed by atoms with E-state index in [1.165, 1.54) is 6.33 Å². The summed E-state index contributed by atoms with van der Waals surface area (Å²) in [5.74, 6) is 0.0191. The number of aromatic nitrogens is 4. The number of nitrogens with zero attached hydrogens (tertiary/aromatic N) is 3. The molecule has 4 N–H and O–H groups in total. The Kier molecular flexibility index (Phi) is 4.71. The van der Waals surface area contributed by atoms with Crippen molar-refractivity contribution in [3.8, 4) is 0 Å². The molecule has 0 saturated carbocycles. The molecule has 2 aromatic rings. The predicted octanol–water partition coefficient (Wildman–Crippen LogP) is 2.13. The molecule has 2 saturated heterocycles. The number of nitrogens with one attached hydrogen (secondary N) is 1. The van der Waals surface area contributed by atoms with Crippen molar-refractivity contribution in [1.82, 2.24) is 19.5 Å². The molecule has 4 atom stereocenters. The Morgan fingerprint density at radius 1 is 1.31 bits per heavy atom. The summed E-state index contributed by atoms with van der Waals surface area (Å²) < 4.78 is 15.0. The van der Waals surface area contributed by atoms with Crippen molar-refractivity contribution in [2.75, 3.05) is 12.3 Å². The van der Waals surface area contributed by atoms with Crippen molar-refractivity contribution in [1.29, 1.82) is 0 Å². The number of aliphatic hydroxyl groups is 1. The number of imidazole rings is 1. The average Bonchev–Trinajstić information content (AvgIpc) is 3.14. The maximum absolute atomic E-state index is 12.1. The zero-order valence-electron chi connectivity index (χ0n) is 17.6. The van der Waals surface area contributed by atoms with Crippen molar-refractivity contribution < 1.29 is 14.0 Å². The van der Waals surface area contributed by atoms with Gasteiger partial charge in [-0.3, -0.25) is 14.3 Å². The van der Waals surface area contributed by atoms with Crippen LogP contribution in [0.4, 0.5) is 5.95 Å². The molecule has 29 heavy (non-hydrogen) atoms. The van der Waals surface area contributed by atoms with Gasteiger partial charge in [-0.25, -0.2) is 4.98 Å². The van der Waals surface area contributed by atoms with E-state index in [0.29, 0.717) is 12.3 Å². The molecule has 2 aromatic heterocycles. The molecule has 9 nitrogen and oxygen atoms in total. The number of aromatic amines is 1. The van der Waals surface area contributed by atoms with Crippen molar-refractivity contribution in [3.05, 3.63) is 16.7 Å². The summed E-state index contributed by atoms with van der Waals surface area (Å²) in [6.45, 7) is 13.4. The Labute approximate surface area is 174 Å². The van der Waals surface area contributed by atoms with Gasteiger partial charge in [0.2, 0.25) is 5.95 Å². The van der Waals surface area contributed by atoms with E-state index in [9.17, 15) is 9.90 Å². The number of rotatable bonds is 1. The van der Waals surface area contributed by atoms with E-state index in [1.807, 2.05) is 0 Å². The SMILES string of the molecule is CC(C)(C)[Si]1(C(C)(C)C)OC[C@H]2S[C@@H](n3cnc4c(=O)[nH]c(N)nc43)[C@H](O)[C@H]2O1. The minimum Gasteiger partial charge on any atom is -0.392 e. The van der Waals surface area contributed by atoms with Crippen LogP contribution in [0.2, 0.25) is 10.1 Å². The Morgan fingerprint density at radius 2 is 1.97 bits per heavy atom. The number of anilines is 1. The summed E-state index contributed by atoms with van der Waals surface area (Å²) >= 11 is 1.56. The van der Waals surface area contributed by atoms with E-state index in [4.69, 9.17) is 14.6 Å². The zero-order chi connectivity index (χ0) is 21.4. The second kappa shape index (κ2) is 6.55. The standard InChI is InChI=1S/C18H29N5O4SSi/c1-17(2,3)29(18(4,5)6)26-7-9-12(27-29)11(24)15(28-9)23-8-20-10-13(23)21-16(19)22-14(10)25/h8-9,11-12,15,24H,7H2,1-6H3,(H3,19,21,22,25)/t9-,11-,12+,15-/m1/s1. The Hall–Kier alpha value is -1.40. The van der Waals surface area contributed by atoms with Gasteiger partial charge in [-0.15, -0.1) is 11.8 Å². The molecule has 0 aromatic carbocycles. The predicted molar refractivity (Wildman–Crippen MR) is 115 cm³/mol. The lowest BCUT2D eigenvalue weighted by atomic mass is 10.1. The van der Waals surface area contributed by atoms with Crippen LogP contribution in [-0.2, 0) is 8.85 Å². The van der Waals surface area contributed by atoms with Crippen molar-refractivity contribution >= 4 is 37.4 Å². The maximum atomic E-state index is 12.1. The molecule has 11 heteroatoms. The molecule has 0 bridgehead atoms. The summed E-state index contributed by atoms with van der Waals surface area (Å²) in [5, 5.41) is 10.5. The molecule has 2 aliphatic heterocycles. The molecule has 2 aliphatic rings. The molecular formula is C18H29N5O4SSi. The fraction of sp³-hybridized carbons (Fsp3) is 0.722. The monoisotopic (exact) mass is 439 g/mol. The number of fused-ring (bicyclic) bond motifs is 2. The minimum absolute atomic E-state index is 0.0166. The highest BCUT2D eigenvalue weighted by Crippen LogP contribution is 2.58. The second-order valence-corrected chi connectivity index (χ2v) is 16.0. The van der Waals surface area contributed by atoms with E-state index in [-0.39, 0.29) is 32.9 Å². The van der Waals surface area contributed by atoms with E-state index >= 15 is 0 Å². The third-order valence-corrected chi connectivity index (χ3v) is 12.4.